The monoisotopic (exact) mass is 448 g/mol. The Labute approximate surface area is 190 Å². The molecule has 2 N–H and O–H groups in total. The number of carbonyl (C=O) groups excluding carboxylic acids is 2. The Kier molecular flexibility index (Phi) is 5.92. The summed E-state index contributed by atoms with van der Waals surface area (Å²) in [4.78, 5) is 27.5. The lowest BCUT2D eigenvalue weighted by atomic mass is 9.92. The quantitative estimate of drug-likeness (QED) is 0.635. The maximum Gasteiger partial charge on any atom is 0.276 e. The third-order valence-corrected chi connectivity index (χ3v) is 6.42. The standard InChI is InChI=1S/C25H25FN4O3/c26-19-7-3-4-8-20(19)27-24(31)22-15-21(28-29-22)17-9-12-30(13-10-17)25(32)23-18-6-2-1-5-16(18)11-14-33-23/h1-8,15,17,23H,9-14H2,(H,27,31)(H,28,29). The van der Waals surface area contributed by atoms with Gasteiger partial charge < -0.3 is 15.0 Å². The Balaban J connectivity index is 1.20. The predicted octanol–water partition coefficient (Wildman–Crippen LogP) is 3.82. The number of H-pyrrole nitrogens is 1. The van der Waals surface area contributed by atoms with Gasteiger partial charge in [0.2, 0.25) is 0 Å². The number of ether oxygens (including phenoxy) is 1. The summed E-state index contributed by atoms with van der Waals surface area (Å²) in [5.74, 6) is -0.794. The molecule has 8 heteroatoms. The van der Waals surface area contributed by atoms with Crippen molar-refractivity contribution in [3.63, 3.8) is 0 Å². The minimum atomic E-state index is -0.535. The number of aromatic nitrogens is 2. The summed E-state index contributed by atoms with van der Waals surface area (Å²) in [5.41, 5.74) is 3.31. The Hall–Kier alpha value is -3.52. The molecule has 0 radical (unpaired) electrons. The van der Waals surface area contributed by atoms with E-state index in [1.807, 2.05) is 23.1 Å². The van der Waals surface area contributed by atoms with Gasteiger partial charge in [-0.2, -0.15) is 5.10 Å². The summed E-state index contributed by atoms with van der Waals surface area (Å²) in [5, 5.41) is 9.60. The number of halogens is 1. The van der Waals surface area contributed by atoms with E-state index in [4.69, 9.17) is 4.74 Å². The summed E-state index contributed by atoms with van der Waals surface area (Å²) in [6.45, 7) is 1.78. The molecule has 1 fully saturated rings. The second-order valence-corrected chi connectivity index (χ2v) is 8.44. The first-order valence-corrected chi connectivity index (χ1v) is 11.2. The number of carbonyl (C=O) groups is 2. The van der Waals surface area contributed by atoms with Crippen LogP contribution < -0.4 is 5.32 Å². The Bertz CT molecular complexity index is 1170. The van der Waals surface area contributed by atoms with Gasteiger partial charge in [-0.25, -0.2) is 4.39 Å². The maximum atomic E-state index is 13.8. The summed E-state index contributed by atoms with van der Waals surface area (Å²) in [7, 11) is 0. The van der Waals surface area contributed by atoms with Crippen molar-refractivity contribution in [2.75, 3.05) is 25.0 Å². The molecule has 2 aliphatic rings. The number of nitrogens with zero attached hydrogens (tertiary/aromatic N) is 2. The van der Waals surface area contributed by atoms with Gasteiger partial charge in [0, 0.05) is 24.7 Å². The van der Waals surface area contributed by atoms with Crippen LogP contribution in [0.3, 0.4) is 0 Å². The number of hydrogen-bond acceptors (Lipinski definition) is 4. The predicted molar refractivity (Wildman–Crippen MR) is 120 cm³/mol. The molecule has 2 aromatic carbocycles. The molecular formula is C25H25FN4O3. The zero-order valence-electron chi connectivity index (χ0n) is 18.1. The summed E-state index contributed by atoms with van der Waals surface area (Å²) >= 11 is 0. The molecule has 5 rings (SSSR count). The highest BCUT2D eigenvalue weighted by Crippen LogP contribution is 2.32. The molecule has 3 heterocycles. The molecule has 3 aromatic rings. The Morgan fingerprint density at radius 2 is 1.85 bits per heavy atom. The molecule has 7 nitrogen and oxygen atoms in total. The average Bonchev–Trinajstić information content (AvgIpc) is 3.35. The molecule has 0 aliphatic carbocycles. The summed E-state index contributed by atoms with van der Waals surface area (Å²) < 4.78 is 19.6. The maximum absolute atomic E-state index is 13.8. The lowest BCUT2D eigenvalue weighted by Crippen LogP contribution is -2.42. The first-order valence-electron chi connectivity index (χ1n) is 11.2. The molecule has 1 unspecified atom stereocenters. The summed E-state index contributed by atoms with van der Waals surface area (Å²) in [6.07, 6.45) is 1.81. The van der Waals surface area contributed by atoms with Crippen LogP contribution in [0.15, 0.2) is 54.6 Å². The smallest absolute Gasteiger partial charge is 0.276 e. The van der Waals surface area contributed by atoms with E-state index in [2.05, 4.69) is 21.6 Å². The van der Waals surface area contributed by atoms with E-state index in [9.17, 15) is 14.0 Å². The number of nitrogens with one attached hydrogen (secondary N) is 2. The second-order valence-electron chi connectivity index (χ2n) is 8.44. The molecule has 1 saturated heterocycles. The normalized spacial score (nSPS) is 18.6. The van der Waals surface area contributed by atoms with Gasteiger partial charge >= 0.3 is 0 Å². The lowest BCUT2D eigenvalue weighted by molar-refractivity contribution is -0.146. The molecule has 170 valence electrons. The molecular weight excluding hydrogens is 423 g/mol. The third kappa shape index (κ3) is 4.39. The first-order chi connectivity index (χ1) is 16.1. The number of benzene rings is 2. The fourth-order valence-electron chi connectivity index (χ4n) is 4.59. The molecule has 33 heavy (non-hydrogen) atoms. The van der Waals surface area contributed by atoms with Crippen LogP contribution in [0.4, 0.5) is 10.1 Å². The van der Waals surface area contributed by atoms with Crippen LogP contribution >= 0.6 is 0 Å². The van der Waals surface area contributed by atoms with E-state index in [1.165, 1.54) is 17.7 Å². The van der Waals surface area contributed by atoms with Crippen molar-refractivity contribution in [3.05, 3.63) is 82.9 Å². The van der Waals surface area contributed by atoms with Gasteiger partial charge in [0.15, 0.2) is 11.8 Å². The summed E-state index contributed by atoms with van der Waals surface area (Å²) in [6, 6.07) is 15.7. The number of para-hydroxylation sites is 1. The number of aromatic amines is 1. The van der Waals surface area contributed by atoms with E-state index < -0.39 is 17.8 Å². The van der Waals surface area contributed by atoms with Crippen LogP contribution in [-0.4, -0.2) is 46.6 Å². The molecule has 0 spiro atoms. The third-order valence-electron chi connectivity index (χ3n) is 6.42. The Morgan fingerprint density at radius 1 is 1.09 bits per heavy atom. The molecule has 1 atom stereocenters. The van der Waals surface area contributed by atoms with Gasteiger partial charge in [-0.15, -0.1) is 0 Å². The highest BCUT2D eigenvalue weighted by Gasteiger charge is 2.33. The van der Waals surface area contributed by atoms with Crippen molar-refractivity contribution in [3.8, 4) is 0 Å². The van der Waals surface area contributed by atoms with Crippen molar-refractivity contribution >= 4 is 17.5 Å². The van der Waals surface area contributed by atoms with E-state index >= 15 is 0 Å². The number of amides is 2. The largest absolute Gasteiger partial charge is 0.363 e. The molecule has 0 bridgehead atoms. The van der Waals surface area contributed by atoms with Gasteiger partial charge in [-0.3, -0.25) is 14.7 Å². The highest BCUT2D eigenvalue weighted by molar-refractivity contribution is 6.03. The fraction of sp³-hybridized carbons (Fsp3) is 0.320. The van der Waals surface area contributed by atoms with Crippen molar-refractivity contribution in [1.82, 2.24) is 15.1 Å². The van der Waals surface area contributed by atoms with Crippen LogP contribution in [0, 0.1) is 5.82 Å². The minimum absolute atomic E-state index is 0.00941. The lowest BCUT2D eigenvalue weighted by Gasteiger charge is -2.35. The van der Waals surface area contributed by atoms with Crippen LogP contribution in [-0.2, 0) is 16.0 Å². The number of anilines is 1. The van der Waals surface area contributed by atoms with Gasteiger partial charge in [-0.05, 0) is 48.6 Å². The highest BCUT2D eigenvalue weighted by atomic mass is 19.1. The van der Waals surface area contributed by atoms with Gasteiger partial charge in [0.05, 0.1) is 12.3 Å². The van der Waals surface area contributed by atoms with Crippen molar-refractivity contribution in [2.24, 2.45) is 0 Å². The van der Waals surface area contributed by atoms with E-state index in [1.54, 1.807) is 18.2 Å². The SMILES string of the molecule is O=C(Nc1ccccc1F)c1cc(C2CCN(C(=O)C3OCCc4ccccc43)CC2)[nH]n1. The van der Waals surface area contributed by atoms with Gasteiger partial charge in [0.25, 0.3) is 11.8 Å². The fourth-order valence-corrected chi connectivity index (χ4v) is 4.59. The number of hydrogen-bond donors (Lipinski definition) is 2. The second kappa shape index (κ2) is 9.15. The van der Waals surface area contributed by atoms with Crippen molar-refractivity contribution in [2.45, 2.75) is 31.3 Å². The van der Waals surface area contributed by atoms with Gasteiger partial charge in [0.1, 0.15) is 5.82 Å². The number of fused-ring (bicyclic) bond motifs is 1. The number of rotatable bonds is 4. The average molecular weight is 448 g/mol. The van der Waals surface area contributed by atoms with Crippen LogP contribution in [0.5, 0.6) is 0 Å². The zero-order chi connectivity index (χ0) is 22.8. The molecule has 2 amide bonds. The van der Waals surface area contributed by atoms with Crippen LogP contribution in [0.2, 0.25) is 0 Å². The van der Waals surface area contributed by atoms with Crippen LogP contribution in [0.1, 0.15) is 52.2 Å². The topological polar surface area (TPSA) is 87.3 Å². The van der Waals surface area contributed by atoms with Crippen molar-refractivity contribution in [1.29, 1.82) is 0 Å². The molecule has 2 aliphatic heterocycles. The first kappa shape index (κ1) is 21.3. The Morgan fingerprint density at radius 3 is 2.67 bits per heavy atom. The van der Waals surface area contributed by atoms with E-state index in [-0.39, 0.29) is 23.2 Å². The van der Waals surface area contributed by atoms with E-state index in [0.717, 1.165) is 30.5 Å². The molecule has 0 saturated carbocycles. The van der Waals surface area contributed by atoms with Crippen LogP contribution in [0.25, 0.3) is 0 Å². The van der Waals surface area contributed by atoms with E-state index in [0.29, 0.717) is 19.7 Å². The van der Waals surface area contributed by atoms with Crippen molar-refractivity contribution < 1.29 is 18.7 Å². The van der Waals surface area contributed by atoms with Gasteiger partial charge in [-0.1, -0.05) is 36.4 Å². The number of piperidine rings is 1. The number of likely N-dealkylation sites (tertiary alicyclic amines) is 1. The minimum Gasteiger partial charge on any atom is -0.363 e. The molecule has 1 aromatic heterocycles. The zero-order valence-corrected chi connectivity index (χ0v) is 18.1.